The van der Waals surface area contributed by atoms with Gasteiger partial charge in [-0.05, 0) is 50.3 Å². The molecule has 0 radical (unpaired) electrons. The summed E-state index contributed by atoms with van der Waals surface area (Å²) in [5.41, 5.74) is 8.50. The lowest BCUT2D eigenvalue weighted by atomic mass is 10.2. The van der Waals surface area contributed by atoms with Gasteiger partial charge < -0.3 is 25.7 Å². The molecule has 28 heavy (non-hydrogen) atoms. The average molecular weight is 381 g/mol. The smallest absolute Gasteiger partial charge is 0.408 e. The van der Waals surface area contributed by atoms with E-state index in [4.69, 9.17) is 10.5 Å². The fourth-order valence-corrected chi connectivity index (χ4v) is 3.18. The summed E-state index contributed by atoms with van der Waals surface area (Å²) in [7, 11) is 0. The summed E-state index contributed by atoms with van der Waals surface area (Å²) in [5, 5.41) is 3.48. The number of primary amides is 1. The maximum atomic E-state index is 11.1. The zero-order valence-corrected chi connectivity index (χ0v) is 16.4. The molecule has 0 aliphatic heterocycles. The van der Waals surface area contributed by atoms with Gasteiger partial charge in [0.1, 0.15) is 11.3 Å². The van der Waals surface area contributed by atoms with Crippen molar-refractivity contribution in [2.45, 2.75) is 20.3 Å². The van der Waals surface area contributed by atoms with Crippen molar-refractivity contribution in [2.75, 3.05) is 31.5 Å². The van der Waals surface area contributed by atoms with E-state index < -0.39 is 6.09 Å². The number of amides is 1. The number of aromatic nitrogens is 2. The summed E-state index contributed by atoms with van der Waals surface area (Å²) in [4.78, 5) is 21.4. The molecule has 0 bridgehead atoms. The second-order valence-corrected chi connectivity index (χ2v) is 6.55. The second-order valence-electron chi connectivity index (χ2n) is 6.55. The van der Waals surface area contributed by atoms with Crippen molar-refractivity contribution >= 4 is 22.8 Å². The second kappa shape index (κ2) is 9.23. The average Bonchev–Trinajstić information content (AvgIpc) is 3.13. The minimum absolute atomic E-state index is 0.346. The standard InChI is InChI=1S/C21H27N5O2/c1-3-26(4-2)13-7-12-23-16-9-5-8-15(14-16)20-24-17-10-6-11-18(19(17)25-20)28-21(22)27/h5-6,8-11,14,23H,3-4,7,12-13H2,1-2H3,(H2,22,27)(H,24,25). The Kier molecular flexibility index (Phi) is 6.49. The first kappa shape index (κ1) is 19.7. The molecule has 7 nitrogen and oxygen atoms in total. The summed E-state index contributed by atoms with van der Waals surface area (Å²) >= 11 is 0. The number of nitrogens with two attached hydrogens (primary N) is 1. The van der Waals surface area contributed by atoms with E-state index in [1.54, 1.807) is 12.1 Å². The van der Waals surface area contributed by atoms with Crippen molar-refractivity contribution in [3.05, 3.63) is 42.5 Å². The van der Waals surface area contributed by atoms with Gasteiger partial charge in [-0.1, -0.05) is 32.0 Å². The van der Waals surface area contributed by atoms with Crippen LogP contribution in [0.1, 0.15) is 20.3 Å². The number of imidazole rings is 1. The van der Waals surface area contributed by atoms with Gasteiger partial charge in [-0.25, -0.2) is 9.78 Å². The third-order valence-corrected chi connectivity index (χ3v) is 4.70. The van der Waals surface area contributed by atoms with Gasteiger partial charge in [-0.3, -0.25) is 0 Å². The third-order valence-electron chi connectivity index (χ3n) is 4.70. The Hall–Kier alpha value is -3.06. The summed E-state index contributed by atoms with van der Waals surface area (Å²) in [6, 6.07) is 13.4. The number of benzene rings is 2. The first-order valence-corrected chi connectivity index (χ1v) is 9.63. The highest BCUT2D eigenvalue weighted by molar-refractivity contribution is 5.87. The van der Waals surface area contributed by atoms with Crippen molar-refractivity contribution in [2.24, 2.45) is 5.73 Å². The molecule has 0 aliphatic carbocycles. The minimum Gasteiger partial charge on any atom is -0.408 e. The molecular formula is C21H27N5O2. The van der Waals surface area contributed by atoms with Gasteiger partial charge in [0.25, 0.3) is 0 Å². The molecule has 2 aromatic carbocycles. The fraction of sp³-hybridized carbons (Fsp3) is 0.333. The SMILES string of the molecule is CCN(CC)CCCNc1cccc(-c2nc3c(OC(N)=O)cccc3[nH]2)c1. The molecule has 3 aromatic rings. The number of ether oxygens (including phenoxy) is 1. The normalized spacial score (nSPS) is 11.1. The van der Waals surface area contributed by atoms with Gasteiger partial charge in [0.05, 0.1) is 5.52 Å². The molecule has 148 valence electrons. The number of anilines is 1. The molecule has 4 N–H and O–H groups in total. The van der Waals surface area contributed by atoms with Crippen LogP contribution in [0.5, 0.6) is 5.75 Å². The van der Waals surface area contributed by atoms with E-state index in [-0.39, 0.29) is 0 Å². The monoisotopic (exact) mass is 381 g/mol. The van der Waals surface area contributed by atoms with Crippen molar-refractivity contribution in [3.63, 3.8) is 0 Å². The molecule has 0 saturated carbocycles. The van der Waals surface area contributed by atoms with Crippen LogP contribution in [0.15, 0.2) is 42.5 Å². The predicted molar refractivity (Wildman–Crippen MR) is 113 cm³/mol. The minimum atomic E-state index is -0.854. The number of rotatable bonds is 9. The molecular weight excluding hydrogens is 354 g/mol. The van der Waals surface area contributed by atoms with Crippen LogP contribution < -0.4 is 15.8 Å². The summed E-state index contributed by atoms with van der Waals surface area (Å²) in [6.07, 6.45) is 0.234. The zero-order valence-electron chi connectivity index (χ0n) is 16.4. The highest BCUT2D eigenvalue weighted by Crippen LogP contribution is 2.28. The van der Waals surface area contributed by atoms with E-state index >= 15 is 0 Å². The van der Waals surface area contributed by atoms with Crippen LogP contribution in [-0.4, -0.2) is 47.1 Å². The Morgan fingerprint density at radius 3 is 2.75 bits per heavy atom. The van der Waals surface area contributed by atoms with Gasteiger partial charge in [-0.15, -0.1) is 0 Å². The Bertz CT molecular complexity index is 933. The topological polar surface area (TPSA) is 96.3 Å². The van der Waals surface area contributed by atoms with Crippen LogP contribution in [-0.2, 0) is 0 Å². The maximum absolute atomic E-state index is 11.1. The van der Waals surface area contributed by atoms with E-state index in [1.165, 1.54) is 0 Å². The molecule has 1 heterocycles. The van der Waals surface area contributed by atoms with Gasteiger partial charge in [0, 0.05) is 17.8 Å². The lowest BCUT2D eigenvalue weighted by Gasteiger charge is -2.18. The number of H-pyrrole nitrogens is 1. The van der Waals surface area contributed by atoms with Crippen LogP contribution in [0.2, 0.25) is 0 Å². The highest BCUT2D eigenvalue weighted by atomic mass is 16.5. The number of carbonyl (C=O) groups is 1. The van der Waals surface area contributed by atoms with Gasteiger partial charge in [0.2, 0.25) is 0 Å². The van der Waals surface area contributed by atoms with E-state index in [2.05, 4.69) is 40.1 Å². The van der Waals surface area contributed by atoms with Crippen LogP contribution in [0.3, 0.4) is 0 Å². The van der Waals surface area contributed by atoms with E-state index in [9.17, 15) is 4.79 Å². The molecule has 0 fully saturated rings. The number of hydrogen-bond donors (Lipinski definition) is 3. The number of nitrogens with zero attached hydrogens (tertiary/aromatic N) is 2. The number of carbonyl (C=O) groups excluding carboxylic acids is 1. The number of nitrogens with one attached hydrogen (secondary N) is 2. The van der Waals surface area contributed by atoms with E-state index in [0.29, 0.717) is 17.1 Å². The number of para-hydroxylation sites is 1. The molecule has 0 saturated heterocycles. The van der Waals surface area contributed by atoms with Gasteiger partial charge >= 0.3 is 6.09 Å². The van der Waals surface area contributed by atoms with Crippen molar-refractivity contribution < 1.29 is 9.53 Å². The van der Waals surface area contributed by atoms with E-state index in [1.807, 2.05) is 24.3 Å². The molecule has 0 aliphatic rings. The molecule has 1 aromatic heterocycles. The molecule has 1 amide bonds. The Balaban J connectivity index is 1.72. The van der Waals surface area contributed by atoms with Crippen LogP contribution in [0.4, 0.5) is 10.5 Å². The fourth-order valence-electron chi connectivity index (χ4n) is 3.18. The Morgan fingerprint density at radius 1 is 1.21 bits per heavy atom. The number of aromatic amines is 1. The summed E-state index contributed by atoms with van der Waals surface area (Å²) in [6.45, 7) is 8.54. The Morgan fingerprint density at radius 2 is 2.00 bits per heavy atom. The van der Waals surface area contributed by atoms with Crippen LogP contribution in [0, 0.1) is 0 Å². The number of fused-ring (bicyclic) bond motifs is 1. The third kappa shape index (κ3) is 4.80. The predicted octanol–water partition coefficient (Wildman–Crippen LogP) is 3.83. The number of hydrogen-bond acceptors (Lipinski definition) is 5. The maximum Gasteiger partial charge on any atom is 0.410 e. The molecule has 0 unspecified atom stereocenters. The van der Waals surface area contributed by atoms with Gasteiger partial charge in [-0.2, -0.15) is 0 Å². The quantitative estimate of drug-likeness (QED) is 0.490. The van der Waals surface area contributed by atoms with Crippen molar-refractivity contribution in [1.29, 1.82) is 0 Å². The highest BCUT2D eigenvalue weighted by Gasteiger charge is 2.11. The van der Waals surface area contributed by atoms with Crippen molar-refractivity contribution in [3.8, 4) is 17.1 Å². The lowest BCUT2D eigenvalue weighted by Crippen LogP contribution is -2.25. The molecule has 0 spiro atoms. The Labute approximate surface area is 164 Å². The lowest BCUT2D eigenvalue weighted by molar-refractivity contribution is 0.211. The first-order chi connectivity index (χ1) is 13.6. The largest absolute Gasteiger partial charge is 0.410 e. The molecule has 7 heteroatoms. The van der Waals surface area contributed by atoms with Crippen LogP contribution in [0.25, 0.3) is 22.4 Å². The summed E-state index contributed by atoms with van der Waals surface area (Å²) < 4.78 is 5.04. The van der Waals surface area contributed by atoms with Crippen molar-refractivity contribution in [1.82, 2.24) is 14.9 Å². The van der Waals surface area contributed by atoms with Gasteiger partial charge in [0.15, 0.2) is 5.75 Å². The zero-order chi connectivity index (χ0) is 19.9. The van der Waals surface area contributed by atoms with E-state index in [0.717, 1.165) is 49.4 Å². The summed E-state index contributed by atoms with van der Waals surface area (Å²) in [5.74, 6) is 1.06. The molecule has 3 rings (SSSR count). The van der Waals surface area contributed by atoms with Crippen LogP contribution >= 0.6 is 0 Å². The first-order valence-electron chi connectivity index (χ1n) is 9.63. The molecule has 0 atom stereocenters.